The van der Waals surface area contributed by atoms with Crippen LogP contribution in [0.4, 0.5) is 0 Å². The lowest BCUT2D eigenvalue weighted by Crippen LogP contribution is -2.49. The van der Waals surface area contributed by atoms with Gasteiger partial charge in [-0.1, -0.05) is 35.0 Å². The highest BCUT2D eigenvalue weighted by Gasteiger charge is 2.53. The zero-order valence-corrected chi connectivity index (χ0v) is 20.4. The first-order valence-corrected chi connectivity index (χ1v) is 12.8. The van der Waals surface area contributed by atoms with Gasteiger partial charge in [-0.05, 0) is 86.6 Å². The lowest BCUT2D eigenvalue weighted by Gasteiger charge is -2.56. The van der Waals surface area contributed by atoms with Gasteiger partial charge in [-0.2, -0.15) is 10.1 Å². The predicted molar refractivity (Wildman–Crippen MR) is 134 cm³/mol. The van der Waals surface area contributed by atoms with E-state index in [0.29, 0.717) is 28.1 Å². The van der Waals surface area contributed by atoms with Crippen LogP contribution in [-0.2, 0) is 5.41 Å². The van der Waals surface area contributed by atoms with Crippen molar-refractivity contribution in [1.29, 1.82) is 0 Å². The summed E-state index contributed by atoms with van der Waals surface area (Å²) >= 11 is 6.27. The van der Waals surface area contributed by atoms with Crippen molar-refractivity contribution in [3.63, 3.8) is 0 Å². The summed E-state index contributed by atoms with van der Waals surface area (Å²) in [6.07, 6.45) is 9.84. The minimum Gasteiger partial charge on any atom is -0.496 e. The second kappa shape index (κ2) is 7.95. The molecular weight excluding hydrogens is 460 g/mol. The summed E-state index contributed by atoms with van der Waals surface area (Å²) in [4.78, 5) is 4.83. The number of methoxy groups -OCH3 is 1. The zero-order valence-electron chi connectivity index (χ0n) is 19.7. The third-order valence-corrected chi connectivity index (χ3v) is 8.57. The molecule has 8 rings (SSSR count). The Kier molecular flexibility index (Phi) is 4.81. The summed E-state index contributed by atoms with van der Waals surface area (Å²) < 4.78 is 13.4. The summed E-state index contributed by atoms with van der Waals surface area (Å²) in [6.45, 7) is 0. The average Bonchev–Trinajstić information content (AvgIpc) is 3.52. The summed E-state index contributed by atoms with van der Waals surface area (Å²) in [5.41, 5.74) is 3.89. The minimum atomic E-state index is 0.0898. The maximum atomic E-state index is 6.27. The molecule has 4 bridgehead atoms. The fourth-order valence-corrected chi connectivity index (χ4v) is 7.51. The number of benzene rings is 2. The van der Waals surface area contributed by atoms with Gasteiger partial charge in [0.2, 0.25) is 5.82 Å². The molecular formula is C28H27ClN4O2. The van der Waals surface area contributed by atoms with Crippen molar-refractivity contribution in [2.75, 3.05) is 7.11 Å². The van der Waals surface area contributed by atoms with E-state index in [1.54, 1.807) is 13.2 Å². The van der Waals surface area contributed by atoms with Gasteiger partial charge < -0.3 is 9.26 Å². The maximum absolute atomic E-state index is 6.27. The normalized spacial score (nSPS) is 26.9. The fourth-order valence-electron chi connectivity index (χ4n) is 7.33. The highest BCUT2D eigenvalue weighted by atomic mass is 35.5. The largest absolute Gasteiger partial charge is 0.496 e. The van der Waals surface area contributed by atoms with E-state index in [4.69, 9.17) is 30.9 Å². The Bertz CT molecular complexity index is 1360. The van der Waals surface area contributed by atoms with Crippen LogP contribution in [0, 0.1) is 17.8 Å². The van der Waals surface area contributed by atoms with E-state index < -0.39 is 0 Å². The monoisotopic (exact) mass is 486 g/mol. The number of hydrogen-bond acceptors (Lipinski definition) is 5. The number of ether oxygens (including phenoxy) is 1. The van der Waals surface area contributed by atoms with E-state index in [2.05, 4.69) is 23.5 Å². The van der Waals surface area contributed by atoms with E-state index in [9.17, 15) is 0 Å². The molecule has 0 atom stereocenters. The van der Waals surface area contributed by atoms with E-state index in [0.717, 1.165) is 34.7 Å². The lowest BCUT2D eigenvalue weighted by molar-refractivity contribution is -0.00715. The quantitative estimate of drug-likeness (QED) is 0.313. The Morgan fingerprint density at radius 3 is 2.37 bits per heavy atom. The van der Waals surface area contributed by atoms with E-state index in [1.165, 1.54) is 38.5 Å². The molecule has 0 spiro atoms. The number of para-hydroxylation sites is 1. The van der Waals surface area contributed by atoms with Gasteiger partial charge in [0.05, 0.1) is 29.6 Å². The molecule has 0 radical (unpaired) electrons. The zero-order chi connectivity index (χ0) is 23.6. The van der Waals surface area contributed by atoms with Crippen LogP contribution in [-0.4, -0.2) is 27.0 Å². The van der Waals surface area contributed by atoms with Crippen LogP contribution < -0.4 is 4.74 Å². The van der Waals surface area contributed by atoms with Crippen LogP contribution in [0.2, 0.25) is 5.02 Å². The molecule has 2 heterocycles. The number of aromatic nitrogens is 4. The Morgan fingerprint density at radius 1 is 0.971 bits per heavy atom. The van der Waals surface area contributed by atoms with E-state index in [-0.39, 0.29) is 5.41 Å². The molecule has 178 valence electrons. The van der Waals surface area contributed by atoms with Gasteiger partial charge >= 0.3 is 0 Å². The molecule has 7 heteroatoms. The Labute approximate surface area is 209 Å². The Hall–Kier alpha value is -3.12. The lowest BCUT2D eigenvalue weighted by atomic mass is 9.48. The molecule has 0 N–H and O–H groups in total. The third-order valence-electron chi connectivity index (χ3n) is 8.33. The van der Waals surface area contributed by atoms with Gasteiger partial charge in [-0.25, -0.2) is 4.68 Å². The summed E-state index contributed by atoms with van der Waals surface area (Å²) in [7, 11) is 1.63. The van der Waals surface area contributed by atoms with Crippen LogP contribution in [0.1, 0.15) is 44.2 Å². The van der Waals surface area contributed by atoms with Gasteiger partial charge in [0.1, 0.15) is 5.75 Å². The number of halogens is 1. The number of hydrogen-bond donors (Lipinski definition) is 0. The molecule has 35 heavy (non-hydrogen) atoms. The van der Waals surface area contributed by atoms with Gasteiger partial charge in [0.15, 0.2) is 0 Å². The number of nitrogens with zero attached hydrogens (tertiary/aromatic N) is 4. The van der Waals surface area contributed by atoms with Crippen molar-refractivity contribution in [3.05, 3.63) is 65.4 Å². The van der Waals surface area contributed by atoms with Crippen LogP contribution in [0.5, 0.6) is 5.75 Å². The fraction of sp³-hybridized carbons (Fsp3) is 0.393. The molecule has 4 saturated carbocycles. The van der Waals surface area contributed by atoms with Gasteiger partial charge in [0, 0.05) is 16.6 Å². The second-order valence-electron chi connectivity index (χ2n) is 10.6. The summed E-state index contributed by atoms with van der Waals surface area (Å²) in [5.74, 6) is 4.04. The van der Waals surface area contributed by atoms with Crippen molar-refractivity contribution < 1.29 is 9.26 Å². The number of rotatable bonds is 5. The van der Waals surface area contributed by atoms with Crippen LogP contribution in [0.15, 0.2) is 59.3 Å². The molecule has 2 aromatic heterocycles. The van der Waals surface area contributed by atoms with Crippen LogP contribution in [0.25, 0.3) is 28.5 Å². The Balaban J connectivity index is 1.36. The van der Waals surface area contributed by atoms with E-state index in [1.807, 2.05) is 35.0 Å². The molecule has 4 aromatic rings. The molecule has 4 aliphatic carbocycles. The molecule has 2 aromatic carbocycles. The van der Waals surface area contributed by atoms with Crippen molar-refractivity contribution in [2.45, 2.75) is 43.9 Å². The van der Waals surface area contributed by atoms with Crippen molar-refractivity contribution in [2.24, 2.45) is 17.8 Å². The summed E-state index contributed by atoms with van der Waals surface area (Å²) in [5, 5.41) is 10.1. The first-order chi connectivity index (χ1) is 17.1. The standard InChI is InChI=1S/C28H27ClN4O2/c1-34-24-8-7-20(29)12-22(24)26-30-27(35-32-26)23-16-33(21-5-3-2-4-6-21)31-25(23)28-13-17-9-18(14-28)11-19(10-17)15-28/h2-8,12,16-19H,9-11,13-15H2,1H3. The third kappa shape index (κ3) is 3.49. The molecule has 6 nitrogen and oxygen atoms in total. The topological polar surface area (TPSA) is 66.0 Å². The highest BCUT2D eigenvalue weighted by Crippen LogP contribution is 2.61. The first kappa shape index (κ1) is 21.2. The SMILES string of the molecule is COc1ccc(Cl)cc1-c1noc(-c2cn(-c3ccccc3)nc2C23CC4CC(CC(C4)C2)C3)n1. The molecule has 0 amide bonds. The second-order valence-corrected chi connectivity index (χ2v) is 11.1. The molecule has 4 aliphatic rings. The van der Waals surface area contributed by atoms with Crippen molar-refractivity contribution >= 4 is 11.6 Å². The Morgan fingerprint density at radius 2 is 1.69 bits per heavy atom. The summed E-state index contributed by atoms with van der Waals surface area (Å²) in [6, 6.07) is 15.7. The van der Waals surface area contributed by atoms with Crippen molar-refractivity contribution in [3.8, 4) is 34.3 Å². The minimum absolute atomic E-state index is 0.0898. The molecule has 4 fully saturated rings. The molecule has 0 saturated heterocycles. The van der Waals surface area contributed by atoms with Gasteiger partial charge in [-0.3, -0.25) is 0 Å². The molecule has 0 aliphatic heterocycles. The smallest absolute Gasteiger partial charge is 0.261 e. The molecule has 0 unspecified atom stereocenters. The van der Waals surface area contributed by atoms with Crippen molar-refractivity contribution in [1.82, 2.24) is 19.9 Å². The highest BCUT2D eigenvalue weighted by molar-refractivity contribution is 6.30. The first-order valence-electron chi connectivity index (χ1n) is 12.4. The van der Waals surface area contributed by atoms with E-state index >= 15 is 0 Å². The maximum Gasteiger partial charge on any atom is 0.261 e. The van der Waals surface area contributed by atoms with Gasteiger partial charge in [0.25, 0.3) is 5.89 Å². The van der Waals surface area contributed by atoms with Crippen LogP contribution in [0.3, 0.4) is 0 Å². The van der Waals surface area contributed by atoms with Gasteiger partial charge in [-0.15, -0.1) is 0 Å². The predicted octanol–water partition coefficient (Wildman–Crippen LogP) is 6.72. The average molecular weight is 487 g/mol. The van der Waals surface area contributed by atoms with Crippen LogP contribution >= 0.6 is 11.6 Å².